The fourth-order valence-corrected chi connectivity index (χ4v) is 3.35. The Morgan fingerprint density at radius 2 is 2.19 bits per heavy atom. The van der Waals surface area contributed by atoms with Gasteiger partial charge in [0.1, 0.15) is 0 Å². The third kappa shape index (κ3) is 4.76. The van der Waals surface area contributed by atoms with Gasteiger partial charge in [-0.15, -0.1) is 11.8 Å². The molecule has 0 aliphatic carbocycles. The number of rotatable bonds is 5. The number of hydrogen-bond donors (Lipinski definition) is 1. The molecule has 112 valence electrons. The zero-order valence-electron chi connectivity index (χ0n) is 12.0. The van der Waals surface area contributed by atoms with Crippen LogP contribution in [0.5, 0.6) is 0 Å². The Kier molecular flexibility index (Phi) is 6.09. The fourth-order valence-electron chi connectivity index (χ4n) is 2.46. The molecule has 1 amide bonds. The van der Waals surface area contributed by atoms with E-state index >= 15 is 0 Å². The highest BCUT2D eigenvalue weighted by Crippen LogP contribution is 2.18. The number of hydrogen-bond acceptors (Lipinski definition) is 4. The van der Waals surface area contributed by atoms with Crippen molar-refractivity contribution in [3.8, 4) is 6.07 Å². The molecule has 0 radical (unpaired) electrons. The van der Waals surface area contributed by atoms with E-state index in [9.17, 15) is 9.90 Å². The third-order valence-corrected chi connectivity index (χ3v) is 4.70. The van der Waals surface area contributed by atoms with E-state index in [1.54, 1.807) is 23.9 Å². The van der Waals surface area contributed by atoms with Crippen LogP contribution in [0.4, 0.5) is 0 Å². The first kappa shape index (κ1) is 15.9. The van der Waals surface area contributed by atoms with Crippen molar-refractivity contribution in [3.05, 3.63) is 35.4 Å². The highest BCUT2D eigenvalue weighted by atomic mass is 32.2. The van der Waals surface area contributed by atoms with Crippen LogP contribution in [-0.2, 0) is 10.5 Å². The summed E-state index contributed by atoms with van der Waals surface area (Å²) in [4.78, 5) is 14.0. The maximum atomic E-state index is 12.1. The van der Waals surface area contributed by atoms with Crippen molar-refractivity contribution >= 4 is 17.7 Å². The second kappa shape index (κ2) is 8.06. The number of carbonyl (C=O) groups excluding carboxylic acids is 1. The van der Waals surface area contributed by atoms with Crippen molar-refractivity contribution in [1.82, 2.24) is 4.90 Å². The lowest BCUT2D eigenvalue weighted by Crippen LogP contribution is -2.41. The summed E-state index contributed by atoms with van der Waals surface area (Å²) in [6, 6.07) is 9.55. The molecule has 1 N–H and O–H groups in total. The SMILES string of the molecule is N#Cc1ccc(CSCC(=O)N2CCCC(CO)C2)cc1. The van der Waals surface area contributed by atoms with Gasteiger partial charge in [-0.05, 0) is 36.5 Å². The Morgan fingerprint density at radius 3 is 2.86 bits per heavy atom. The molecule has 0 aromatic heterocycles. The lowest BCUT2D eigenvalue weighted by Gasteiger charge is -2.31. The summed E-state index contributed by atoms with van der Waals surface area (Å²) in [7, 11) is 0. The second-order valence-electron chi connectivity index (χ2n) is 5.33. The standard InChI is InChI=1S/C16H20N2O2S/c17-8-13-3-5-14(6-4-13)11-21-12-16(20)18-7-1-2-15(9-18)10-19/h3-6,15,19H,1-2,7,9-12H2. The van der Waals surface area contributed by atoms with Gasteiger partial charge in [0.2, 0.25) is 5.91 Å². The Bertz CT molecular complexity index is 510. The zero-order valence-corrected chi connectivity index (χ0v) is 12.8. The van der Waals surface area contributed by atoms with Crippen molar-refractivity contribution in [2.75, 3.05) is 25.4 Å². The van der Waals surface area contributed by atoms with Crippen LogP contribution in [0.1, 0.15) is 24.0 Å². The van der Waals surface area contributed by atoms with Gasteiger partial charge in [0.25, 0.3) is 0 Å². The van der Waals surface area contributed by atoms with Crippen molar-refractivity contribution in [1.29, 1.82) is 5.26 Å². The first-order valence-electron chi connectivity index (χ1n) is 7.18. The maximum Gasteiger partial charge on any atom is 0.232 e. The molecule has 0 bridgehead atoms. The average Bonchev–Trinajstić information content (AvgIpc) is 2.55. The van der Waals surface area contributed by atoms with Crippen LogP contribution in [0.15, 0.2) is 24.3 Å². The van der Waals surface area contributed by atoms with E-state index in [1.165, 1.54) is 0 Å². The predicted octanol–water partition coefficient (Wildman–Crippen LogP) is 2.02. The molecule has 1 aromatic rings. The first-order valence-corrected chi connectivity index (χ1v) is 8.34. The summed E-state index contributed by atoms with van der Waals surface area (Å²) in [5.41, 5.74) is 1.78. The summed E-state index contributed by atoms with van der Waals surface area (Å²) < 4.78 is 0. The summed E-state index contributed by atoms with van der Waals surface area (Å²) in [6.45, 7) is 1.67. The van der Waals surface area contributed by atoms with Gasteiger partial charge in [-0.3, -0.25) is 4.79 Å². The largest absolute Gasteiger partial charge is 0.396 e. The molecule has 1 atom stereocenters. The smallest absolute Gasteiger partial charge is 0.232 e. The minimum atomic E-state index is 0.159. The summed E-state index contributed by atoms with van der Waals surface area (Å²) in [5.74, 6) is 1.64. The second-order valence-corrected chi connectivity index (χ2v) is 6.32. The Morgan fingerprint density at radius 1 is 1.43 bits per heavy atom. The molecule has 21 heavy (non-hydrogen) atoms. The first-order chi connectivity index (χ1) is 10.2. The lowest BCUT2D eigenvalue weighted by atomic mass is 9.99. The van der Waals surface area contributed by atoms with Crippen molar-refractivity contribution < 1.29 is 9.90 Å². The molecule has 1 saturated heterocycles. The molecule has 1 unspecified atom stereocenters. The maximum absolute atomic E-state index is 12.1. The molecular formula is C16H20N2O2S. The van der Waals surface area contributed by atoms with E-state index < -0.39 is 0 Å². The molecule has 0 spiro atoms. The molecule has 1 aromatic carbocycles. The topological polar surface area (TPSA) is 64.3 Å². The number of aliphatic hydroxyl groups is 1. The van der Waals surface area contributed by atoms with Gasteiger partial charge in [0.15, 0.2) is 0 Å². The number of amides is 1. The highest BCUT2D eigenvalue weighted by molar-refractivity contribution is 7.99. The van der Waals surface area contributed by atoms with Crippen LogP contribution < -0.4 is 0 Å². The number of piperidine rings is 1. The molecule has 0 saturated carbocycles. The minimum Gasteiger partial charge on any atom is -0.396 e. The van der Waals surface area contributed by atoms with Gasteiger partial charge in [-0.1, -0.05) is 12.1 Å². The highest BCUT2D eigenvalue weighted by Gasteiger charge is 2.22. The average molecular weight is 304 g/mol. The van der Waals surface area contributed by atoms with Gasteiger partial charge in [-0.2, -0.15) is 5.26 Å². The predicted molar refractivity (Wildman–Crippen MR) is 83.7 cm³/mol. The number of thioether (sulfide) groups is 1. The fraction of sp³-hybridized carbons (Fsp3) is 0.500. The van der Waals surface area contributed by atoms with Crippen molar-refractivity contribution in [3.63, 3.8) is 0 Å². The molecule has 1 heterocycles. The van der Waals surface area contributed by atoms with E-state index in [2.05, 4.69) is 6.07 Å². The number of nitriles is 1. The van der Waals surface area contributed by atoms with Gasteiger partial charge in [0, 0.05) is 25.4 Å². The molecule has 1 aliphatic heterocycles. The van der Waals surface area contributed by atoms with Crippen LogP contribution in [0.2, 0.25) is 0 Å². The number of aliphatic hydroxyl groups excluding tert-OH is 1. The zero-order chi connectivity index (χ0) is 15.1. The van der Waals surface area contributed by atoms with E-state index in [0.717, 1.165) is 30.7 Å². The van der Waals surface area contributed by atoms with Gasteiger partial charge in [-0.25, -0.2) is 0 Å². The van der Waals surface area contributed by atoms with E-state index in [4.69, 9.17) is 5.26 Å². The third-order valence-electron chi connectivity index (χ3n) is 3.71. The monoisotopic (exact) mass is 304 g/mol. The van der Waals surface area contributed by atoms with Crippen molar-refractivity contribution in [2.45, 2.75) is 18.6 Å². The van der Waals surface area contributed by atoms with Crippen LogP contribution in [0.25, 0.3) is 0 Å². The lowest BCUT2D eigenvalue weighted by molar-refractivity contribution is -0.130. The molecule has 1 fully saturated rings. The normalized spacial score (nSPS) is 18.3. The van der Waals surface area contributed by atoms with Gasteiger partial charge in [0.05, 0.1) is 17.4 Å². The van der Waals surface area contributed by atoms with E-state index in [1.807, 2.05) is 17.0 Å². The summed E-state index contributed by atoms with van der Waals surface area (Å²) in [6.07, 6.45) is 2.00. The Labute approximate surface area is 129 Å². The van der Waals surface area contributed by atoms with Crippen LogP contribution in [-0.4, -0.2) is 41.4 Å². The van der Waals surface area contributed by atoms with Crippen LogP contribution >= 0.6 is 11.8 Å². The minimum absolute atomic E-state index is 0.159. The summed E-state index contributed by atoms with van der Waals surface area (Å²) in [5, 5.41) is 17.9. The molecule has 4 nitrogen and oxygen atoms in total. The quantitative estimate of drug-likeness (QED) is 0.904. The molecule has 5 heteroatoms. The van der Waals surface area contributed by atoms with E-state index in [0.29, 0.717) is 17.9 Å². The summed E-state index contributed by atoms with van der Waals surface area (Å²) >= 11 is 1.59. The molecule has 1 aliphatic rings. The Balaban J connectivity index is 1.74. The van der Waals surface area contributed by atoms with E-state index in [-0.39, 0.29) is 18.4 Å². The molecule has 2 rings (SSSR count). The van der Waals surface area contributed by atoms with Crippen molar-refractivity contribution in [2.24, 2.45) is 5.92 Å². The molecular weight excluding hydrogens is 284 g/mol. The number of likely N-dealkylation sites (tertiary alicyclic amines) is 1. The van der Waals surface area contributed by atoms with Crippen LogP contribution in [0.3, 0.4) is 0 Å². The number of nitrogens with zero attached hydrogens (tertiary/aromatic N) is 2. The number of benzene rings is 1. The van der Waals surface area contributed by atoms with Crippen LogP contribution in [0, 0.1) is 17.2 Å². The number of carbonyl (C=O) groups is 1. The van der Waals surface area contributed by atoms with Gasteiger partial charge < -0.3 is 10.0 Å². The Hall–Kier alpha value is -1.51. The van der Waals surface area contributed by atoms with Gasteiger partial charge >= 0.3 is 0 Å².